The minimum absolute atomic E-state index is 0.199. The smallest absolute Gasteiger partial charge is 0.197 e. The Bertz CT molecular complexity index is 1470. The van der Waals surface area contributed by atoms with Gasteiger partial charge in [-0.25, -0.2) is 0 Å². The second kappa shape index (κ2) is 7.70. The number of ketones is 2. The molecule has 1 aliphatic carbocycles. The van der Waals surface area contributed by atoms with Crippen molar-refractivity contribution in [1.29, 1.82) is 0 Å². The molecule has 166 valence electrons. The van der Waals surface area contributed by atoms with Gasteiger partial charge in [0.05, 0.1) is 16.9 Å². The van der Waals surface area contributed by atoms with E-state index in [0.717, 1.165) is 41.1 Å². The first-order valence-electron chi connectivity index (χ1n) is 11.7. The summed E-state index contributed by atoms with van der Waals surface area (Å²) in [4.78, 5) is 30.9. The Labute approximate surface area is 198 Å². The van der Waals surface area contributed by atoms with Gasteiger partial charge in [-0.2, -0.15) is 0 Å². The topological polar surface area (TPSA) is 40.6 Å². The number of benzene rings is 4. The molecule has 34 heavy (non-hydrogen) atoms. The van der Waals surface area contributed by atoms with E-state index < -0.39 is 0 Å². The lowest BCUT2D eigenvalue weighted by Gasteiger charge is -2.23. The largest absolute Gasteiger partial charge is 0.326 e. The average molecular weight is 445 g/mol. The van der Waals surface area contributed by atoms with Gasteiger partial charge in [-0.3, -0.25) is 9.59 Å². The number of Topliss-reactive ketones (excluding diaryl/α,β-unsaturated/α-hetero) is 2. The molecule has 0 unspecified atom stereocenters. The predicted molar refractivity (Wildman–Crippen MR) is 139 cm³/mol. The van der Waals surface area contributed by atoms with Gasteiger partial charge in [0.2, 0.25) is 0 Å². The Morgan fingerprint density at radius 3 is 1.44 bits per heavy atom. The average Bonchev–Trinajstić information content (AvgIpc) is 3.29. The van der Waals surface area contributed by atoms with Crippen molar-refractivity contribution >= 4 is 44.5 Å². The summed E-state index contributed by atoms with van der Waals surface area (Å²) in [6.45, 7) is 5.80. The molecule has 0 saturated heterocycles. The van der Waals surface area contributed by atoms with Gasteiger partial charge in [-0.05, 0) is 71.8 Å². The summed E-state index contributed by atoms with van der Waals surface area (Å²) in [7, 11) is 0. The van der Waals surface area contributed by atoms with Crippen molar-refractivity contribution in [2.75, 3.05) is 22.9 Å². The van der Waals surface area contributed by atoms with E-state index in [1.54, 1.807) is 6.08 Å². The van der Waals surface area contributed by atoms with Gasteiger partial charge in [0, 0.05) is 24.2 Å². The summed E-state index contributed by atoms with van der Waals surface area (Å²) in [5, 5.41) is 4.32. The second-order valence-electron chi connectivity index (χ2n) is 8.68. The Morgan fingerprint density at radius 2 is 1.03 bits per heavy atom. The van der Waals surface area contributed by atoms with E-state index >= 15 is 0 Å². The minimum atomic E-state index is -0.199. The Morgan fingerprint density at radius 1 is 0.618 bits per heavy atom. The molecule has 4 aromatic rings. The minimum Gasteiger partial charge on any atom is -0.326 e. The Hall–Kier alpha value is -4.18. The molecule has 0 bridgehead atoms. The molecular formula is C30H24N2O2. The first-order chi connectivity index (χ1) is 16.6. The molecule has 0 spiro atoms. The molecule has 6 rings (SSSR count). The van der Waals surface area contributed by atoms with Crippen molar-refractivity contribution in [2.24, 2.45) is 0 Å². The maximum absolute atomic E-state index is 13.2. The number of rotatable bonds is 3. The number of hydrogen-bond acceptors (Lipinski definition) is 4. The maximum atomic E-state index is 13.2. The van der Waals surface area contributed by atoms with E-state index in [2.05, 4.69) is 60.0 Å². The second-order valence-corrected chi connectivity index (χ2v) is 8.68. The standard InChI is InChI=1S/C30H24N2O2/c1-3-31-26-17-21-11-7-8-12-22(21)18-27(26)32(4-2)28(31)14-13-23-29(33)24-15-19-9-5-6-10-20(19)16-25(24)30(23)34/h5-18H,3-4H2,1-2H3. The number of hydrogen-bond donors (Lipinski definition) is 0. The highest BCUT2D eigenvalue weighted by atomic mass is 16.2. The number of nitrogens with zero attached hydrogens (tertiary/aromatic N) is 2. The van der Waals surface area contributed by atoms with Gasteiger partial charge in [0.25, 0.3) is 0 Å². The summed E-state index contributed by atoms with van der Waals surface area (Å²) in [6, 6.07) is 24.3. The molecule has 0 aromatic heterocycles. The molecule has 2 aliphatic rings. The zero-order valence-electron chi connectivity index (χ0n) is 19.2. The van der Waals surface area contributed by atoms with E-state index in [9.17, 15) is 9.59 Å². The summed E-state index contributed by atoms with van der Waals surface area (Å²) in [6.07, 6.45) is 3.63. The summed E-state index contributed by atoms with van der Waals surface area (Å²) in [5.74, 6) is 0.578. The van der Waals surface area contributed by atoms with Crippen molar-refractivity contribution < 1.29 is 9.59 Å². The van der Waals surface area contributed by atoms with Crippen LogP contribution in [0.3, 0.4) is 0 Å². The van der Waals surface area contributed by atoms with Crippen molar-refractivity contribution in [3.05, 3.63) is 107 Å². The maximum Gasteiger partial charge on any atom is 0.197 e. The lowest BCUT2D eigenvalue weighted by molar-refractivity contribution is 0.0989. The van der Waals surface area contributed by atoms with Crippen LogP contribution in [-0.4, -0.2) is 24.7 Å². The van der Waals surface area contributed by atoms with Gasteiger partial charge in [0.1, 0.15) is 5.82 Å². The summed E-state index contributed by atoms with van der Waals surface area (Å²) >= 11 is 0. The molecular weight excluding hydrogens is 420 g/mol. The van der Waals surface area contributed by atoms with Gasteiger partial charge < -0.3 is 9.80 Å². The first kappa shape index (κ1) is 20.4. The number of carbonyl (C=O) groups excluding carboxylic acids is 2. The van der Waals surface area contributed by atoms with E-state index in [-0.39, 0.29) is 17.1 Å². The highest BCUT2D eigenvalue weighted by molar-refractivity contribution is 6.40. The Balaban J connectivity index is 1.44. The quantitative estimate of drug-likeness (QED) is 0.267. The van der Waals surface area contributed by atoms with Crippen LogP contribution in [-0.2, 0) is 0 Å². The third kappa shape index (κ3) is 2.92. The zero-order valence-corrected chi connectivity index (χ0v) is 19.2. The van der Waals surface area contributed by atoms with Gasteiger partial charge >= 0.3 is 0 Å². The molecule has 4 heteroatoms. The van der Waals surface area contributed by atoms with E-state index in [4.69, 9.17) is 0 Å². The van der Waals surface area contributed by atoms with Crippen LogP contribution in [0.2, 0.25) is 0 Å². The van der Waals surface area contributed by atoms with Crippen molar-refractivity contribution in [2.45, 2.75) is 13.8 Å². The highest BCUT2D eigenvalue weighted by Crippen LogP contribution is 2.44. The van der Waals surface area contributed by atoms with Crippen LogP contribution in [0.5, 0.6) is 0 Å². The van der Waals surface area contributed by atoms with Gasteiger partial charge in [-0.15, -0.1) is 0 Å². The number of allylic oxidation sites excluding steroid dienone is 3. The molecule has 1 heterocycles. The highest BCUT2D eigenvalue weighted by Gasteiger charge is 2.34. The van der Waals surface area contributed by atoms with Crippen molar-refractivity contribution in [3.63, 3.8) is 0 Å². The summed E-state index contributed by atoms with van der Waals surface area (Å²) in [5.41, 5.74) is 3.51. The van der Waals surface area contributed by atoms with E-state index in [1.165, 1.54) is 10.8 Å². The Kier molecular flexibility index (Phi) is 4.63. The number of fused-ring (bicyclic) bond motifs is 4. The van der Waals surface area contributed by atoms with E-state index in [1.807, 2.05) is 42.5 Å². The molecule has 0 amide bonds. The first-order valence-corrected chi connectivity index (χ1v) is 11.7. The fourth-order valence-electron chi connectivity index (χ4n) is 5.20. The zero-order chi connectivity index (χ0) is 23.4. The van der Waals surface area contributed by atoms with Gasteiger partial charge in [-0.1, -0.05) is 48.5 Å². The van der Waals surface area contributed by atoms with Crippen LogP contribution < -0.4 is 9.80 Å². The molecule has 0 N–H and O–H groups in total. The lowest BCUT2D eigenvalue weighted by Crippen LogP contribution is -2.28. The predicted octanol–water partition coefficient (Wildman–Crippen LogP) is 6.51. The monoisotopic (exact) mass is 444 g/mol. The van der Waals surface area contributed by atoms with Crippen LogP contribution in [0.4, 0.5) is 11.4 Å². The molecule has 4 nitrogen and oxygen atoms in total. The van der Waals surface area contributed by atoms with Crippen molar-refractivity contribution in [3.8, 4) is 0 Å². The summed E-state index contributed by atoms with van der Waals surface area (Å²) < 4.78 is 0. The van der Waals surface area contributed by atoms with Gasteiger partial charge in [0.15, 0.2) is 11.6 Å². The third-order valence-corrected chi connectivity index (χ3v) is 6.87. The normalized spacial score (nSPS) is 14.9. The molecule has 1 aliphatic heterocycles. The molecule has 0 fully saturated rings. The molecule has 0 saturated carbocycles. The van der Waals surface area contributed by atoms with Crippen LogP contribution in [0, 0.1) is 0 Å². The van der Waals surface area contributed by atoms with Crippen molar-refractivity contribution in [1.82, 2.24) is 0 Å². The lowest BCUT2D eigenvalue weighted by atomic mass is 10.0. The van der Waals surface area contributed by atoms with Crippen LogP contribution in [0.1, 0.15) is 34.6 Å². The van der Waals surface area contributed by atoms with Crippen LogP contribution in [0.15, 0.2) is 96.3 Å². The molecule has 4 aromatic carbocycles. The number of anilines is 2. The molecule has 0 radical (unpaired) electrons. The van der Waals surface area contributed by atoms with Crippen LogP contribution >= 0.6 is 0 Å². The van der Waals surface area contributed by atoms with Crippen LogP contribution in [0.25, 0.3) is 21.5 Å². The fourth-order valence-corrected chi connectivity index (χ4v) is 5.20. The fraction of sp³-hybridized carbons (Fsp3) is 0.133. The number of carbonyl (C=O) groups is 2. The third-order valence-electron chi connectivity index (χ3n) is 6.87. The van der Waals surface area contributed by atoms with E-state index in [0.29, 0.717) is 11.1 Å². The SMILES string of the molecule is CCN1C(=CC=C2C(=O)c3cc4ccccc4cc3C2=O)N(CC)c2cc3ccccc3cc21. The molecule has 0 atom stereocenters.